The van der Waals surface area contributed by atoms with Gasteiger partial charge in [-0.05, 0) is 35.9 Å². The monoisotopic (exact) mass is 354 g/mol. The molecule has 0 atom stereocenters. The van der Waals surface area contributed by atoms with E-state index >= 15 is 0 Å². The molecule has 0 bridgehead atoms. The number of carbonyl (C=O) groups excluding carboxylic acids is 1. The number of anilines is 1. The van der Waals surface area contributed by atoms with Crippen molar-refractivity contribution in [2.75, 3.05) is 5.32 Å². The number of amides is 1. The number of nitrogens with zero attached hydrogens (tertiary/aromatic N) is 1. The average Bonchev–Trinajstić information content (AvgIpc) is 2.49. The minimum atomic E-state index is -4.76. The van der Waals surface area contributed by atoms with Crippen molar-refractivity contribution in [3.63, 3.8) is 0 Å². The molecule has 124 valence electrons. The predicted octanol–water partition coefficient (Wildman–Crippen LogP) is 4.29. The summed E-state index contributed by atoms with van der Waals surface area (Å²) in [6.07, 6.45) is -4.80. The van der Waals surface area contributed by atoms with Gasteiger partial charge in [-0.2, -0.15) is 5.26 Å². The second-order valence-electron chi connectivity index (χ2n) is 4.72. The fraction of sp³-hybridized carbons (Fsp3) is 0.125. The first kappa shape index (κ1) is 17.6. The van der Waals surface area contributed by atoms with Gasteiger partial charge in [0, 0.05) is 5.69 Å². The minimum absolute atomic E-state index is 0.0448. The van der Waals surface area contributed by atoms with Crippen LogP contribution in [0.1, 0.15) is 11.1 Å². The Hall–Kier alpha value is -2.72. The lowest BCUT2D eigenvalue weighted by Crippen LogP contribution is -2.17. The number of benzene rings is 2. The van der Waals surface area contributed by atoms with Gasteiger partial charge in [0.25, 0.3) is 0 Å². The summed E-state index contributed by atoms with van der Waals surface area (Å²) in [6, 6.07) is 11.3. The molecule has 0 saturated carbocycles. The first-order valence-corrected chi connectivity index (χ1v) is 6.99. The highest BCUT2D eigenvalue weighted by molar-refractivity contribution is 6.31. The van der Waals surface area contributed by atoms with Crippen molar-refractivity contribution in [3.05, 3.63) is 58.6 Å². The van der Waals surface area contributed by atoms with Crippen molar-refractivity contribution >= 4 is 23.2 Å². The molecule has 1 N–H and O–H groups in total. The fourth-order valence-electron chi connectivity index (χ4n) is 1.89. The van der Waals surface area contributed by atoms with Crippen LogP contribution in [-0.2, 0) is 11.2 Å². The Morgan fingerprint density at radius 3 is 2.46 bits per heavy atom. The number of halogens is 4. The van der Waals surface area contributed by atoms with E-state index in [4.69, 9.17) is 16.9 Å². The van der Waals surface area contributed by atoms with Gasteiger partial charge in [0.2, 0.25) is 5.91 Å². The summed E-state index contributed by atoms with van der Waals surface area (Å²) in [5.74, 6) is -0.742. The number of hydrogen-bond acceptors (Lipinski definition) is 3. The number of ether oxygens (including phenoxy) is 1. The van der Waals surface area contributed by atoms with Gasteiger partial charge in [0.05, 0.1) is 17.0 Å². The van der Waals surface area contributed by atoms with Crippen molar-refractivity contribution in [3.8, 4) is 11.8 Å². The van der Waals surface area contributed by atoms with Crippen LogP contribution in [0.15, 0.2) is 42.5 Å². The summed E-state index contributed by atoms with van der Waals surface area (Å²) in [5.41, 5.74) is 1.14. The van der Waals surface area contributed by atoms with Gasteiger partial charge in [-0.1, -0.05) is 23.7 Å². The molecule has 2 aromatic carbocycles. The highest BCUT2D eigenvalue weighted by Crippen LogP contribution is 2.23. The lowest BCUT2D eigenvalue weighted by molar-refractivity contribution is -0.274. The van der Waals surface area contributed by atoms with Crippen LogP contribution < -0.4 is 10.1 Å². The SMILES string of the molecule is N#Cc1cc(NC(=O)Cc2ccc(OC(F)(F)F)cc2)ccc1Cl. The zero-order valence-corrected chi connectivity index (χ0v) is 12.8. The molecule has 24 heavy (non-hydrogen) atoms. The Morgan fingerprint density at radius 2 is 1.88 bits per heavy atom. The van der Waals surface area contributed by atoms with E-state index in [0.29, 0.717) is 11.3 Å². The Labute approximate surface area is 140 Å². The zero-order valence-electron chi connectivity index (χ0n) is 12.0. The molecule has 2 aromatic rings. The summed E-state index contributed by atoms with van der Waals surface area (Å²) in [6.45, 7) is 0. The molecular formula is C16H10ClF3N2O2. The highest BCUT2D eigenvalue weighted by atomic mass is 35.5. The summed E-state index contributed by atoms with van der Waals surface area (Å²) in [7, 11) is 0. The van der Waals surface area contributed by atoms with Crippen molar-refractivity contribution < 1.29 is 22.7 Å². The molecule has 8 heteroatoms. The van der Waals surface area contributed by atoms with Crippen LogP contribution >= 0.6 is 11.6 Å². The molecule has 2 rings (SSSR count). The quantitative estimate of drug-likeness (QED) is 0.890. The van der Waals surface area contributed by atoms with E-state index in [2.05, 4.69) is 10.1 Å². The Kier molecular flexibility index (Phi) is 5.31. The zero-order chi connectivity index (χ0) is 17.7. The van der Waals surface area contributed by atoms with Gasteiger partial charge >= 0.3 is 6.36 Å². The first-order valence-electron chi connectivity index (χ1n) is 6.61. The fourth-order valence-corrected chi connectivity index (χ4v) is 2.05. The normalized spacial score (nSPS) is 10.8. The molecule has 0 aliphatic carbocycles. The van der Waals surface area contributed by atoms with E-state index in [1.165, 1.54) is 24.3 Å². The second kappa shape index (κ2) is 7.23. The average molecular weight is 355 g/mol. The van der Waals surface area contributed by atoms with E-state index < -0.39 is 6.36 Å². The lowest BCUT2D eigenvalue weighted by atomic mass is 10.1. The van der Waals surface area contributed by atoms with E-state index in [1.54, 1.807) is 6.07 Å². The lowest BCUT2D eigenvalue weighted by Gasteiger charge is -2.09. The van der Waals surface area contributed by atoms with E-state index in [0.717, 1.165) is 12.1 Å². The third-order valence-electron chi connectivity index (χ3n) is 2.89. The standard InChI is InChI=1S/C16H10ClF3N2O2/c17-14-6-3-12(8-11(14)9-21)22-15(23)7-10-1-4-13(5-2-10)24-16(18,19)20/h1-6,8H,7H2,(H,22,23). The molecule has 0 aliphatic heterocycles. The number of nitriles is 1. The highest BCUT2D eigenvalue weighted by Gasteiger charge is 2.30. The van der Waals surface area contributed by atoms with Gasteiger partial charge < -0.3 is 10.1 Å². The van der Waals surface area contributed by atoms with Crippen molar-refractivity contribution in [2.45, 2.75) is 12.8 Å². The molecule has 0 unspecified atom stereocenters. The third-order valence-corrected chi connectivity index (χ3v) is 3.22. The Morgan fingerprint density at radius 1 is 1.21 bits per heavy atom. The summed E-state index contributed by atoms with van der Waals surface area (Å²) >= 11 is 5.80. The van der Waals surface area contributed by atoms with Gasteiger partial charge in [-0.3, -0.25) is 4.79 Å². The first-order chi connectivity index (χ1) is 11.3. The molecule has 0 radical (unpaired) electrons. The van der Waals surface area contributed by atoms with Gasteiger partial charge in [0.1, 0.15) is 11.8 Å². The van der Waals surface area contributed by atoms with E-state index in [9.17, 15) is 18.0 Å². The molecule has 1 amide bonds. The van der Waals surface area contributed by atoms with Gasteiger partial charge in [-0.15, -0.1) is 13.2 Å². The van der Waals surface area contributed by atoms with Crippen LogP contribution in [0.3, 0.4) is 0 Å². The van der Waals surface area contributed by atoms with Gasteiger partial charge in [0.15, 0.2) is 0 Å². The Balaban J connectivity index is 1.99. The maximum atomic E-state index is 12.1. The van der Waals surface area contributed by atoms with Crippen LogP contribution in [0.4, 0.5) is 18.9 Å². The van der Waals surface area contributed by atoms with E-state index in [1.807, 2.05) is 6.07 Å². The largest absolute Gasteiger partial charge is 0.573 e. The van der Waals surface area contributed by atoms with E-state index in [-0.39, 0.29) is 28.7 Å². The van der Waals surface area contributed by atoms with Crippen LogP contribution in [0, 0.1) is 11.3 Å². The van der Waals surface area contributed by atoms with Crippen molar-refractivity contribution in [1.29, 1.82) is 5.26 Å². The summed E-state index contributed by atoms with van der Waals surface area (Å²) < 4.78 is 39.9. The van der Waals surface area contributed by atoms with Crippen molar-refractivity contribution in [1.82, 2.24) is 0 Å². The molecule has 0 spiro atoms. The van der Waals surface area contributed by atoms with Crippen LogP contribution in [0.25, 0.3) is 0 Å². The van der Waals surface area contributed by atoms with Crippen molar-refractivity contribution in [2.24, 2.45) is 0 Å². The van der Waals surface area contributed by atoms with Crippen LogP contribution in [0.5, 0.6) is 5.75 Å². The Bertz CT molecular complexity index is 783. The van der Waals surface area contributed by atoms with Crippen LogP contribution in [-0.4, -0.2) is 12.3 Å². The number of rotatable bonds is 4. The molecule has 4 nitrogen and oxygen atoms in total. The number of nitrogens with one attached hydrogen (secondary N) is 1. The topological polar surface area (TPSA) is 62.1 Å². The van der Waals surface area contributed by atoms with Gasteiger partial charge in [-0.25, -0.2) is 0 Å². The minimum Gasteiger partial charge on any atom is -0.406 e. The maximum Gasteiger partial charge on any atom is 0.573 e. The predicted molar refractivity (Wildman–Crippen MR) is 81.6 cm³/mol. The molecular weight excluding hydrogens is 345 g/mol. The summed E-state index contributed by atoms with van der Waals surface area (Å²) in [4.78, 5) is 11.9. The maximum absolute atomic E-state index is 12.1. The number of hydrogen-bond donors (Lipinski definition) is 1. The third kappa shape index (κ3) is 5.18. The number of carbonyl (C=O) groups is 1. The molecule has 0 aliphatic rings. The molecule has 0 aromatic heterocycles. The summed E-state index contributed by atoms with van der Waals surface area (Å²) in [5, 5.41) is 11.7. The van der Waals surface area contributed by atoms with Crippen LogP contribution in [0.2, 0.25) is 5.02 Å². The molecule has 0 saturated heterocycles. The number of alkyl halides is 3. The second-order valence-corrected chi connectivity index (χ2v) is 5.13. The smallest absolute Gasteiger partial charge is 0.406 e. The molecule has 0 fully saturated rings. The molecule has 0 heterocycles.